The van der Waals surface area contributed by atoms with Crippen LogP contribution in [0.1, 0.15) is 24.4 Å². The summed E-state index contributed by atoms with van der Waals surface area (Å²) in [5, 5.41) is 12.7. The van der Waals surface area contributed by atoms with E-state index in [0.29, 0.717) is 19.1 Å². The summed E-state index contributed by atoms with van der Waals surface area (Å²) < 4.78 is 1.42. The number of carbonyl (C=O) groups excluding carboxylic acids is 1. The van der Waals surface area contributed by atoms with Gasteiger partial charge in [0.05, 0.1) is 0 Å². The maximum Gasteiger partial charge on any atom is 0.252 e. The monoisotopic (exact) mass is 324 g/mol. The van der Waals surface area contributed by atoms with E-state index in [1.54, 1.807) is 0 Å². The number of amides is 1. The van der Waals surface area contributed by atoms with Gasteiger partial charge in [-0.2, -0.15) is 5.26 Å². The molecule has 0 unspecified atom stereocenters. The largest absolute Gasteiger partial charge is 0.339 e. The van der Waals surface area contributed by atoms with Crippen molar-refractivity contribution in [2.75, 3.05) is 26.2 Å². The first-order valence-electron chi connectivity index (χ1n) is 8.03. The van der Waals surface area contributed by atoms with E-state index in [4.69, 9.17) is 5.26 Å². The summed E-state index contributed by atoms with van der Waals surface area (Å²) in [6.07, 6.45) is 1.42. The number of hydrogen-bond acceptors (Lipinski definition) is 5. The number of aromatic nitrogens is 3. The second kappa shape index (κ2) is 7.23. The Morgan fingerprint density at radius 1 is 1.25 bits per heavy atom. The molecule has 2 heterocycles. The molecule has 0 N–H and O–H groups in total. The van der Waals surface area contributed by atoms with E-state index in [1.807, 2.05) is 17.0 Å². The summed E-state index contributed by atoms with van der Waals surface area (Å²) in [6.45, 7) is 5.44. The van der Waals surface area contributed by atoms with Crippen LogP contribution in [0, 0.1) is 11.3 Å². The van der Waals surface area contributed by atoms with E-state index in [9.17, 15) is 4.79 Å². The average molecular weight is 324 g/mol. The normalized spacial score (nSPS) is 16.6. The van der Waals surface area contributed by atoms with Gasteiger partial charge in [0.1, 0.15) is 18.9 Å². The van der Waals surface area contributed by atoms with Gasteiger partial charge in [0.15, 0.2) is 0 Å². The van der Waals surface area contributed by atoms with Crippen LogP contribution in [0.5, 0.6) is 0 Å². The number of nitriles is 1. The lowest BCUT2D eigenvalue weighted by molar-refractivity contribution is -0.134. The van der Waals surface area contributed by atoms with E-state index in [-0.39, 0.29) is 18.3 Å². The molecule has 1 aromatic carbocycles. The minimum atomic E-state index is 0.0106. The third-order valence-electron chi connectivity index (χ3n) is 4.43. The molecular weight excluding hydrogens is 304 g/mol. The molecule has 1 saturated heterocycles. The van der Waals surface area contributed by atoms with Crippen molar-refractivity contribution in [3.63, 3.8) is 0 Å². The quantitative estimate of drug-likeness (QED) is 0.840. The Kier molecular flexibility index (Phi) is 4.87. The molecule has 1 amide bonds. The van der Waals surface area contributed by atoms with Crippen LogP contribution in [0.2, 0.25) is 0 Å². The number of benzene rings is 1. The summed E-state index contributed by atoms with van der Waals surface area (Å²) in [5.41, 5.74) is 1.30. The van der Waals surface area contributed by atoms with Crippen LogP contribution in [0.4, 0.5) is 0 Å². The van der Waals surface area contributed by atoms with Crippen LogP contribution >= 0.6 is 0 Å². The lowest BCUT2D eigenvalue weighted by Crippen LogP contribution is -2.50. The van der Waals surface area contributed by atoms with Gasteiger partial charge in [-0.1, -0.05) is 30.3 Å². The Morgan fingerprint density at radius 3 is 2.58 bits per heavy atom. The molecule has 7 nitrogen and oxygen atoms in total. The molecule has 1 aromatic heterocycles. The summed E-state index contributed by atoms with van der Waals surface area (Å²) in [4.78, 5) is 20.4. The number of rotatable bonds is 4. The van der Waals surface area contributed by atoms with E-state index in [2.05, 4.69) is 46.2 Å². The molecule has 0 saturated carbocycles. The molecule has 0 aliphatic carbocycles. The topological polar surface area (TPSA) is 78.0 Å². The molecule has 1 atom stereocenters. The van der Waals surface area contributed by atoms with E-state index >= 15 is 0 Å². The molecular formula is C17H20N6O. The van der Waals surface area contributed by atoms with Gasteiger partial charge >= 0.3 is 0 Å². The van der Waals surface area contributed by atoms with Gasteiger partial charge in [-0.25, -0.2) is 9.67 Å². The standard InChI is InChI=1S/C17H20N6O/c1-14(15-5-3-2-4-6-15)21-7-9-22(10-8-21)17(24)12-23-13-19-16(11-18)20-23/h2-6,13-14H,7-10,12H2,1H3/t14-/m0/s1. The Morgan fingerprint density at radius 2 is 1.96 bits per heavy atom. The zero-order valence-electron chi connectivity index (χ0n) is 13.7. The van der Waals surface area contributed by atoms with Gasteiger partial charge in [0.2, 0.25) is 5.91 Å². The van der Waals surface area contributed by atoms with E-state index in [0.717, 1.165) is 13.1 Å². The molecule has 7 heteroatoms. The van der Waals surface area contributed by atoms with E-state index in [1.165, 1.54) is 16.6 Å². The molecule has 0 radical (unpaired) electrons. The minimum absolute atomic E-state index is 0.0106. The first-order chi connectivity index (χ1) is 11.7. The van der Waals surface area contributed by atoms with Crippen molar-refractivity contribution in [1.29, 1.82) is 5.26 Å². The lowest BCUT2D eigenvalue weighted by atomic mass is 10.1. The van der Waals surface area contributed by atoms with Crippen molar-refractivity contribution in [1.82, 2.24) is 24.6 Å². The van der Waals surface area contributed by atoms with Crippen molar-refractivity contribution >= 4 is 5.91 Å². The number of nitrogens with zero attached hydrogens (tertiary/aromatic N) is 6. The molecule has 24 heavy (non-hydrogen) atoms. The maximum absolute atomic E-state index is 12.3. The van der Waals surface area contributed by atoms with Crippen LogP contribution in [0.25, 0.3) is 0 Å². The third-order valence-corrected chi connectivity index (χ3v) is 4.43. The van der Waals surface area contributed by atoms with Crippen LogP contribution in [0.3, 0.4) is 0 Å². The van der Waals surface area contributed by atoms with Crippen molar-refractivity contribution < 1.29 is 4.79 Å². The Bertz CT molecular complexity index is 727. The summed E-state index contributed by atoms with van der Waals surface area (Å²) in [7, 11) is 0. The number of piperazine rings is 1. The van der Waals surface area contributed by atoms with Crippen LogP contribution in [-0.4, -0.2) is 56.7 Å². The highest BCUT2D eigenvalue weighted by molar-refractivity contribution is 5.76. The second-order valence-corrected chi connectivity index (χ2v) is 5.88. The summed E-state index contributed by atoms with van der Waals surface area (Å²) in [6, 6.07) is 12.6. The van der Waals surface area contributed by atoms with Gasteiger partial charge in [0, 0.05) is 32.2 Å². The molecule has 1 fully saturated rings. The van der Waals surface area contributed by atoms with Crippen LogP contribution in [0.15, 0.2) is 36.7 Å². The second-order valence-electron chi connectivity index (χ2n) is 5.88. The molecule has 3 rings (SSSR count). The SMILES string of the molecule is C[C@@H](c1ccccc1)N1CCN(C(=O)Cn2cnc(C#N)n2)CC1. The third kappa shape index (κ3) is 3.60. The lowest BCUT2D eigenvalue weighted by Gasteiger charge is -2.38. The smallest absolute Gasteiger partial charge is 0.252 e. The highest BCUT2D eigenvalue weighted by Crippen LogP contribution is 2.21. The van der Waals surface area contributed by atoms with Gasteiger partial charge in [-0.15, -0.1) is 5.10 Å². The molecule has 0 spiro atoms. The fourth-order valence-corrected chi connectivity index (χ4v) is 2.96. The van der Waals surface area contributed by atoms with Crippen LogP contribution in [-0.2, 0) is 11.3 Å². The Balaban J connectivity index is 1.53. The zero-order valence-corrected chi connectivity index (χ0v) is 13.7. The first-order valence-corrected chi connectivity index (χ1v) is 8.03. The maximum atomic E-state index is 12.3. The highest BCUT2D eigenvalue weighted by atomic mass is 16.2. The first kappa shape index (κ1) is 16.1. The van der Waals surface area contributed by atoms with Crippen molar-refractivity contribution in [3.05, 3.63) is 48.0 Å². The van der Waals surface area contributed by atoms with Crippen molar-refractivity contribution in [2.45, 2.75) is 19.5 Å². The fraction of sp³-hybridized carbons (Fsp3) is 0.412. The molecule has 1 aliphatic heterocycles. The van der Waals surface area contributed by atoms with Crippen LogP contribution < -0.4 is 0 Å². The Hall–Kier alpha value is -2.72. The number of hydrogen-bond donors (Lipinski definition) is 0. The van der Waals surface area contributed by atoms with Gasteiger partial charge < -0.3 is 4.90 Å². The predicted molar refractivity (Wildman–Crippen MR) is 87.7 cm³/mol. The van der Waals surface area contributed by atoms with Crippen molar-refractivity contribution in [2.24, 2.45) is 0 Å². The number of carbonyl (C=O) groups is 1. The molecule has 2 aromatic rings. The Labute approximate surface area is 141 Å². The predicted octanol–water partition coefficient (Wildman–Crippen LogP) is 1.06. The van der Waals surface area contributed by atoms with Gasteiger partial charge in [-0.05, 0) is 12.5 Å². The molecule has 1 aliphatic rings. The molecule has 124 valence electrons. The average Bonchev–Trinajstić information content (AvgIpc) is 3.09. The summed E-state index contributed by atoms with van der Waals surface area (Å²) >= 11 is 0. The highest BCUT2D eigenvalue weighted by Gasteiger charge is 2.24. The van der Waals surface area contributed by atoms with Crippen molar-refractivity contribution in [3.8, 4) is 6.07 Å². The van der Waals surface area contributed by atoms with E-state index < -0.39 is 0 Å². The molecule has 0 bridgehead atoms. The summed E-state index contributed by atoms with van der Waals surface area (Å²) in [5.74, 6) is 0.0979. The fourth-order valence-electron chi connectivity index (χ4n) is 2.96. The van der Waals surface area contributed by atoms with Gasteiger partial charge in [0.25, 0.3) is 5.82 Å². The zero-order chi connectivity index (χ0) is 16.9. The minimum Gasteiger partial charge on any atom is -0.339 e. The van der Waals surface area contributed by atoms with Gasteiger partial charge in [-0.3, -0.25) is 9.69 Å².